The van der Waals surface area contributed by atoms with Crippen molar-refractivity contribution in [2.24, 2.45) is 5.92 Å². The third-order valence-electron chi connectivity index (χ3n) is 2.80. The molecule has 0 aromatic carbocycles. The molecule has 2 heterocycles. The molecule has 1 aliphatic rings. The molecule has 1 aromatic heterocycles. The maximum absolute atomic E-state index is 5.78. The van der Waals surface area contributed by atoms with Crippen LogP contribution in [0.25, 0.3) is 0 Å². The monoisotopic (exact) mass is 180 g/mol. The van der Waals surface area contributed by atoms with Crippen molar-refractivity contribution in [3.63, 3.8) is 0 Å². The molecule has 0 saturated carbocycles. The predicted molar refractivity (Wildman–Crippen MR) is 53.6 cm³/mol. The summed E-state index contributed by atoms with van der Waals surface area (Å²) in [6.07, 6.45) is 2.83. The van der Waals surface area contributed by atoms with Gasteiger partial charge in [0.2, 0.25) is 0 Å². The van der Waals surface area contributed by atoms with Crippen LogP contribution in [0, 0.1) is 5.92 Å². The second kappa shape index (κ2) is 2.94. The van der Waals surface area contributed by atoms with Crippen LogP contribution in [0.5, 0.6) is 0 Å². The summed E-state index contributed by atoms with van der Waals surface area (Å²) in [5.41, 5.74) is 6.53. The summed E-state index contributed by atoms with van der Waals surface area (Å²) in [6.45, 7) is 5.42. The second-order valence-electron chi connectivity index (χ2n) is 3.73. The maximum atomic E-state index is 5.78. The molecule has 0 radical (unpaired) electrons. The number of nitrogen functional groups attached to an aromatic ring is 1. The molecule has 3 N–H and O–H groups in total. The first-order chi connectivity index (χ1) is 6.24. The first-order valence-corrected chi connectivity index (χ1v) is 4.81. The number of nitrogens with two attached hydrogens (primary N) is 1. The summed E-state index contributed by atoms with van der Waals surface area (Å²) >= 11 is 0. The van der Waals surface area contributed by atoms with E-state index in [0.29, 0.717) is 12.0 Å². The molecule has 13 heavy (non-hydrogen) atoms. The van der Waals surface area contributed by atoms with E-state index >= 15 is 0 Å². The van der Waals surface area contributed by atoms with Gasteiger partial charge in [-0.25, -0.2) is 4.68 Å². The number of aromatic nitrogens is 2. The van der Waals surface area contributed by atoms with Gasteiger partial charge in [0.05, 0.1) is 17.9 Å². The number of nitrogens with zero attached hydrogens (tertiary/aromatic N) is 2. The fourth-order valence-electron chi connectivity index (χ4n) is 2.02. The average molecular weight is 180 g/mol. The Hall–Kier alpha value is -1.19. The Morgan fingerprint density at radius 1 is 1.77 bits per heavy atom. The van der Waals surface area contributed by atoms with Crippen LogP contribution in [0.3, 0.4) is 0 Å². The topological polar surface area (TPSA) is 55.9 Å². The van der Waals surface area contributed by atoms with Crippen molar-refractivity contribution in [3.8, 4) is 0 Å². The first-order valence-electron chi connectivity index (χ1n) is 4.81. The number of anilines is 2. The summed E-state index contributed by atoms with van der Waals surface area (Å²) in [5.74, 6) is 1.61. The van der Waals surface area contributed by atoms with E-state index in [1.54, 1.807) is 6.20 Å². The van der Waals surface area contributed by atoms with E-state index in [4.69, 9.17) is 5.73 Å². The van der Waals surface area contributed by atoms with Crippen molar-refractivity contribution in [2.45, 2.75) is 26.3 Å². The van der Waals surface area contributed by atoms with E-state index in [9.17, 15) is 0 Å². The maximum Gasteiger partial charge on any atom is 0.148 e. The van der Waals surface area contributed by atoms with Crippen molar-refractivity contribution >= 4 is 11.5 Å². The second-order valence-corrected chi connectivity index (χ2v) is 3.73. The van der Waals surface area contributed by atoms with Gasteiger partial charge < -0.3 is 11.1 Å². The molecule has 0 spiro atoms. The highest BCUT2D eigenvalue weighted by Crippen LogP contribution is 2.32. The zero-order valence-electron chi connectivity index (χ0n) is 8.12. The van der Waals surface area contributed by atoms with Gasteiger partial charge in [-0.05, 0) is 12.3 Å². The first kappa shape index (κ1) is 8.41. The molecule has 72 valence electrons. The van der Waals surface area contributed by atoms with Gasteiger partial charge in [0.15, 0.2) is 0 Å². The Morgan fingerprint density at radius 3 is 3.23 bits per heavy atom. The minimum Gasteiger partial charge on any atom is -0.394 e. The van der Waals surface area contributed by atoms with Crippen molar-refractivity contribution in [1.82, 2.24) is 9.78 Å². The van der Waals surface area contributed by atoms with E-state index in [2.05, 4.69) is 24.3 Å². The summed E-state index contributed by atoms with van der Waals surface area (Å²) < 4.78 is 2.02. The molecule has 1 aromatic rings. The van der Waals surface area contributed by atoms with E-state index in [1.165, 1.54) is 0 Å². The Labute approximate surface area is 78.1 Å². The Balaban J connectivity index is 2.40. The fraction of sp³-hybridized carbons (Fsp3) is 0.667. The minimum atomic E-state index is 0.494. The standard InChI is InChI=1S/C9H16N4/c1-3-8-6(2)4-11-9-7(10)5-12-13(8)9/h5-6,8,11H,3-4,10H2,1-2H3. The molecule has 0 fully saturated rings. The highest BCUT2D eigenvalue weighted by molar-refractivity contribution is 5.61. The van der Waals surface area contributed by atoms with E-state index in [1.807, 2.05) is 4.68 Å². The fourth-order valence-corrected chi connectivity index (χ4v) is 2.02. The predicted octanol–water partition coefficient (Wildman–Crippen LogP) is 1.48. The average Bonchev–Trinajstić information content (AvgIpc) is 2.48. The Bertz CT molecular complexity index is 305. The van der Waals surface area contributed by atoms with Crippen molar-refractivity contribution in [2.75, 3.05) is 17.6 Å². The molecular formula is C9H16N4. The van der Waals surface area contributed by atoms with E-state index in [0.717, 1.165) is 24.5 Å². The quantitative estimate of drug-likeness (QED) is 0.688. The van der Waals surface area contributed by atoms with Crippen LogP contribution in [0.4, 0.5) is 11.5 Å². The van der Waals surface area contributed by atoms with Gasteiger partial charge >= 0.3 is 0 Å². The highest BCUT2D eigenvalue weighted by Gasteiger charge is 2.26. The summed E-state index contributed by atoms with van der Waals surface area (Å²) in [6, 6.07) is 0.494. The summed E-state index contributed by atoms with van der Waals surface area (Å²) in [5, 5.41) is 7.59. The lowest BCUT2D eigenvalue weighted by Crippen LogP contribution is -2.31. The van der Waals surface area contributed by atoms with Gasteiger partial charge in [-0.1, -0.05) is 13.8 Å². The number of fused-ring (bicyclic) bond motifs is 1. The van der Waals surface area contributed by atoms with Crippen LogP contribution in [0.2, 0.25) is 0 Å². The molecule has 1 aliphatic heterocycles. The SMILES string of the molecule is CCC1C(C)CNc2c(N)cnn21. The van der Waals surface area contributed by atoms with Crippen molar-refractivity contribution in [1.29, 1.82) is 0 Å². The molecule has 4 nitrogen and oxygen atoms in total. The molecule has 0 bridgehead atoms. The van der Waals surface area contributed by atoms with Crippen LogP contribution >= 0.6 is 0 Å². The zero-order chi connectivity index (χ0) is 9.42. The van der Waals surface area contributed by atoms with Gasteiger partial charge in [-0.3, -0.25) is 0 Å². The molecule has 0 saturated heterocycles. The lowest BCUT2D eigenvalue weighted by molar-refractivity contribution is 0.313. The molecule has 2 atom stereocenters. The van der Waals surface area contributed by atoms with Crippen LogP contribution in [-0.4, -0.2) is 16.3 Å². The Morgan fingerprint density at radius 2 is 2.54 bits per heavy atom. The van der Waals surface area contributed by atoms with Gasteiger partial charge in [0.1, 0.15) is 5.82 Å². The van der Waals surface area contributed by atoms with Crippen LogP contribution in [0.15, 0.2) is 6.20 Å². The number of hydrogen-bond acceptors (Lipinski definition) is 3. The third-order valence-corrected chi connectivity index (χ3v) is 2.80. The largest absolute Gasteiger partial charge is 0.394 e. The normalized spacial score (nSPS) is 26.6. The smallest absolute Gasteiger partial charge is 0.148 e. The molecule has 0 aliphatic carbocycles. The van der Waals surface area contributed by atoms with E-state index in [-0.39, 0.29) is 0 Å². The van der Waals surface area contributed by atoms with Gasteiger partial charge in [0, 0.05) is 6.54 Å². The number of nitrogens with one attached hydrogen (secondary N) is 1. The highest BCUT2D eigenvalue weighted by atomic mass is 15.4. The van der Waals surface area contributed by atoms with E-state index < -0.39 is 0 Å². The van der Waals surface area contributed by atoms with Gasteiger partial charge in [0.25, 0.3) is 0 Å². The molecule has 2 unspecified atom stereocenters. The minimum absolute atomic E-state index is 0.494. The molecule has 0 amide bonds. The van der Waals surface area contributed by atoms with Crippen molar-refractivity contribution < 1.29 is 0 Å². The number of rotatable bonds is 1. The lowest BCUT2D eigenvalue weighted by Gasteiger charge is -2.30. The van der Waals surface area contributed by atoms with Gasteiger partial charge in [-0.15, -0.1) is 0 Å². The van der Waals surface area contributed by atoms with Crippen LogP contribution in [0.1, 0.15) is 26.3 Å². The lowest BCUT2D eigenvalue weighted by atomic mass is 9.98. The molecule has 4 heteroatoms. The summed E-state index contributed by atoms with van der Waals surface area (Å²) in [7, 11) is 0. The number of hydrogen-bond donors (Lipinski definition) is 2. The zero-order valence-corrected chi connectivity index (χ0v) is 8.12. The molecule has 2 rings (SSSR count). The third kappa shape index (κ3) is 1.17. The van der Waals surface area contributed by atoms with Crippen LogP contribution in [-0.2, 0) is 0 Å². The Kier molecular flexibility index (Phi) is 1.90. The van der Waals surface area contributed by atoms with Crippen LogP contribution < -0.4 is 11.1 Å². The van der Waals surface area contributed by atoms with Gasteiger partial charge in [-0.2, -0.15) is 5.10 Å². The summed E-state index contributed by atoms with van der Waals surface area (Å²) in [4.78, 5) is 0. The molecular weight excluding hydrogens is 164 g/mol. The van der Waals surface area contributed by atoms with Crippen molar-refractivity contribution in [3.05, 3.63) is 6.20 Å².